The Balaban J connectivity index is 2.63. The molecule has 1 aliphatic rings. The molecule has 6 nitrogen and oxygen atoms in total. The van der Waals surface area contributed by atoms with Gasteiger partial charge in [0.2, 0.25) is 0 Å². The van der Waals surface area contributed by atoms with Crippen LogP contribution in [0, 0.1) is 11.8 Å². The summed E-state index contributed by atoms with van der Waals surface area (Å²) in [6, 6.07) is 0. The van der Waals surface area contributed by atoms with E-state index in [0.29, 0.717) is 19.4 Å². The Morgan fingerprint density at radius 2 is 2.16 bits per heavy atom. The summed E-state index contributed by atoms with van der Waals surface area (Å²) < 4.78 is 0. The van der Waals surface area contributed by atoms with E-state index in [-0.39, 0.29) is 18.2 Å². The predicted molar refractivity (Wildman–Crippen MR) is 73.5 cm³/mol. The summed E-state index contributed by atoms with van der Waals surface area (Å²) in [7, 11) is -1.32. The van der Waals surface area contributed by atoms with Gasteiger partial charge in [-0.2, -0.15) is 0 Å². The molecular formula is C12H25BN2O4. The lowest BCUT2D eigenvalue weighted by atomic mass is 9.66. The van der Waals surface area contributed by atoms with E-state index in [1.54, 1.807) is 0 Å². The van der Waals surface area contributed by atoms with Crippen molar-refractivity contribution in [1.29, 1.82) is 0 Å². The first-order chi connectivity index (χ1) is 8.90. The van der Waals surface area contributed by atoms with Crippen molar-refractivity contribution in [3.63, 3.8) is 0 Å². The molecule has 0 aromatic heterocycles. The first-order valence-electron chi connectivity index (χ1n) is 6.99. The molecule has 3 atom stereocenters. The second-order valence-corrected chi connectivity index (χ2v) is 5.56. The fourth-order valence-electron chi connectivity index (χ4n) is 2.94. The minimum atomic E-state index is -1.32. The van der Waals surface area contributed by atoms with E-state index in [2.05, 4.69) is 5.32 Å². The zero-order chi connectivity index (χ0) is 14.5. The van der Waals surface area contributed by atoms with Crippen LogP contribution in [0.2, 0.25) is 6.32 Å². The van der Waals surface area contributed by atoms with Crippen molar-refractivity contribution in [2.45, 2.75) is 44.5 Å². The lowest BCUT2D eigenvalue weighted by molar-refractivity contribution is -0.148. The summed E-state index contributed by atoms with van der Waals surface area (Å²) in [6.07, 6.45) is 2.96. The maximum Gasteiger partial charge on any atom is 0.451 e. The molecule has 0 heterocycles. The van der Waals surface area contributed by atoms with Gasteiger partial charge in [-0.3, -0.25) is 4.79 Å². The maximum atomic E-state index is 11.5. The monoisotopic (exact) mass is 272 g/mol. The second-order valence-electron chi connectivity index (χ2n) is 5.56. The molecule has 1 fully saturated rings. The number of aliphatic carboxylic acids is 1. The number of hydrogen-bond acceptors (Lipinski definition) is 5. The van der Waals surface area contributed by atoms with Crippen molar-refractivity contribution < 1.29 is 19.9 Å². The molecule has 1 aliphatic carbocycles. The molecule has 6 N–H and O–H groups in total. The predicted octanol–water partition coefficient (Wildman–Crippen LogP) is -0.343. The average Bonchev–Trinajstić information content (AvgIpc) is 2.35. The number of carbonyl (C=O) groups is 1. The lowest BCUT2D eigenvalue weighted by Gasteiger charge is -2.41. The molecule has 0 spiro atoms. The summed E-state index contributed by atoms with van der Waals surface area (Å²) in [5.41, 5.74) is 4.92. The van der Waals surface area contributed by atoms with Gasteiger partial charge in [-0.1, -0.05) is 13.3 Å². The molecule has 19 heavy (non-hydrogen) atoms. The largest absolute Gasteiger partial charge is 0.480 e. The van der Waals surface area contributed by atoms with Crippen LogP contribution in [0.4, 0.5) is 0 Å². The van der Waals surface area contributed by atoms with Gasteiger partial charge >= 0.3 is 13.1 Å². The highest BCUT2D eigenvalue weighted by Gasteiger charge is 2.46. The highest BCUT2D eigenvalue weighted by Crippen LogP contribution is 2.37. The van der Waals surface area contributed by atoms with E-state index in [9.17, 15) is 9.90 Å². The number of nitrogens with one attached hydrogen (secondary N) is 1. The topological polar surface area (TPSA) is 116 Å². The van der Waals surface area contributed by atoms with E-state index >= 15 is 0 Å². The smallest absolute Gasteiger partial charge is 0.451 e. The molecule has 0 saturated heterocycles. The van der Waals surface area contributed by atoms with Crippen LogP contribution in [0.15, 0.2) is 0 Å². The molecule has 0 radical (unpaired) electrons. The number of hydrogen-bond donors (Lipinski definition) is 5. The zero-order valence-electron chi connectivity index (χ0n) is 11.5. The van der Waals surface area contributed by atoms with Gasteiger partial charge in [0.05, 0.1) is 0 Å². The normalized spacial score (nSPS) is 31.2. The summed E-state index contributed by atoms with van der Waals surface area (Å²) >= 11 is 0. The van der Waals surface area contributed by atoms with Crippen molar-refractivity contribution in [1.82, 2.24) is 5.32 Å². The van der Waals surface area contributed by atoms with Crippen molar-refractivity contribution in [2.75, 3.05) is 13.1 Å². The number of nitrogens with two attached hydrogens (primary N) is 1. The Labute approximate surface area is 114 Å². The van der Waals surface area contributed by atoms with Crippen LogP contribution in [0.1, 0.15) is 32.6 Å². The molecule has 0 aliphatic heterocycles. The molecular weight excluding hydrogens is 247 g/mol. The third-order valence-corrected chi connectivity index (χ3v) is 4.15. The zero-order valence-corrected chi connectivity index (χ0v) is 11.5. The molecule has 0 aromatic carbocycles. The third kappa shape index (κ3) is 4.45. The van der Waals surface area contributed by atoms with Gasteiger partial charge in [0.25, 0.3) is 0 Å². The Morgan fingerprint density at radius 1 is 1.47 bits per heavy atom. The highest BCUT2D eigenvalue weighted by atomic mass is 16.4. The molecule has 7 heteroatoms. The molecule has 1 rings (SSSR count). The number of carboxylic acids is 1. The van der Waals surface area contributed by atoms with E-state index in [4.69, 9.17) is 15.8 Å². The van der Waals surface area contributed by atoms with E-state index < -0.39 is 18.6 Å². The van der Waals surface area contributed by atoms with Crippen molar-refractivity contribution in [2.24, 2.45) is 17.6 Å². The summed E-state index contributed by atoms with van der Waals surface area (Å²) in [6.45, 7) is 3.40. The van der Waals surface area contributed by atoms with Gasteiger partial charge in [0.15, 0.2) is 0 Å². The van der Waals surface area contributed by atoms with Crippen LogP contribution in [-0.2, 0) is 4.79 Å². The van der Waals surface area contributed by atoms with E-state index in [0.717, 1.165) is 19.4 Å². The first-order valence-corrected chi connectivity index (χ1v) is 6.99. The molecule has 1 unspecified atom stereocenters. The lowest BCUT2D eigenvalue weighted by Crippen LogP contribution is -2.59. The minimum Gasteiger partial charge on any atom is -0.480 e. The summed E-state index contributed by atoms with van der Waals surface area (Å²) in [5, 5.41) is 30.4. The second kappa shape index (κ2) is 7.24. The quantitative estimate of drug-likeness (QED) is 0.405. The Kier molecular flexibility index (Phi) is 6.26. The maximum absolute atomic E-state index is 11.5. The van der Waals surface area contributed by atoms with Crippen molar-refractivity contribution >= 4 is 13.1 Å². The number of rotatable bonds is 7. The molecule has 0 amide bonds. The Hall–Kier alpha value is -0.625. The summed E-state index contributed by atoms with van der Waals surface area (Å²) in [4.78, 5) is 11.5. The fourth-order valence-corrected chi connectivity index (χ4v) is 2.94. The van der Waals surface area contributed by atoms with Crippen molar-refractivity contribution in [3.05, 3.63) is 0 Å². The first kappa shape index (κ1) is 16.4. The Bertz CT molecular complexity index is 303. The van der Waals surface area contributed by atoms with Crippen LogP contribution in [0.3, 0.4) is 0 Å². The van der Waals surface area contributed by atoms with Crippen LogP contribution < -0.4 is 11.1 Å². The molecule has 0 bridgehead atoms. The van der Waals surface area contributed by atoms with Gasteiger partial charge in [-0.05, 0) is 38.0 Å². The van der Waals surface area contributed by atoms with Crippen LogP contribution in [0.25, 0.3) is 0 Å². The Morgan fingerprint density at radius 3 is 2.68 bits per heavy atom. The SMILES string of the molecule is CCNC[C@@H]1CCC(CCB(O)O)C[C@]1(N)C(=O)O. The van der Waals surface area contributed by atoms with Gasteiger partial charge < -0.3 is 26.2 Å². The van der Waals surface area contributed by atoms with E-state index in [1.165, 1.54) is 0 Å². The molecule has 110 valence electrons. The third-order valence-electron chi connectivity index (χ3n) is 4.15. The molecule has 0 aromatic rings. The van der Waals surface area contributed by atoms with Crippen LogP contribution >= 0.6 is 0 Å². The standard InChI is InChI=1S/C12H25BN2O4/c1-2-15-8-10-4-3-9(5-6-13(18)19)7-12(10,14)11(16)17/h9-10,15,18-19H,2-8,14H2,1H3,(H,16,17)/t9?,10-,12+/m0/s1. The van der Waals surface area contributed by atoms with Gasteiger partial charge in [0.1, 0.15) is 5.54 Å². The van der Waals surface area contributed by atoms with Crippen molar-refractivity contribution in [3.8, 4) is 0 Å². The molecule has 1 saturated carbocycles. The fraction of sp³-hybridized carbons (Fsp3) is 0.917. The summed E-state index contributed by atoms with van der Waals surface area (Å²) in [5.74, 6) is -0.870. The van der Waals surface area contributed by atoms with Gasteiger partial charge in [-0.25, -0.2) is 0 Å². The number of carboxylic acid groups (broad SMARTS) is 1. The highest BCUT2D eigenvalue weighted by molar-refractivity contribution is 6.40. The van der Waals surface area contributed by atoms with Gasteiger partial charge in [-0.15, -0.1) is 0 Å². The van der Waals surface area contributed by atoms with Crippen LogP contribution in [0.5, 0.6) is 0 Å². The minimum absolute atomic E-state index is 0.0692. The van der Waals surface area contributed by atoms with Gasteiger partial charge in [0, 0.05) is 12.5 Å². The van der Waals surface area contributed by atoms with Crippen LogP contribution in [-0.4, -0.2) is 46.9 Å². The van der Waals surface area contributed by atoms with E-state index in [1.807, 2.05) is 6.92 Å². The average molecular weight is 272 g/mol.